The first-order chi connectivity index (χ1) is 13.4. The van der Waals surface area contributed by atoms with Gasteiger partial charge in [0, 0.05) is 0 Å². The number of para-hydroxylation sites is 1. The van der Waals surface area contributed by atoms with Crippen LogP contribution in [0.25, 0.3) is 0 Å². The van der Waals surface area contributed by atoms with Crippen molar-refractivity contribution in [3.05, 3.63) is 83.8 Å². The Bertz CT molecular complexity index is 1040. The highest BCUT2D eigenvalue weighted by molar-refractivity contribution is 7.92. The van der Waals surface area contributed by atoms with Gasteiger partial charge in [-0.25, -0.2) is 8.42 Å². The first kappa shape index (κ1) is 19.7. The molecule has 0 saturated carbocycles. The normalized spacial score (nSPS) is 12.4. The van der Waals surface area contributed by atoms with E-state index in [0.29, 0.717) is 12.2 Å². The SMILES string of the molecule is CCC(NC(=O)c1ccccc1NS(=O)(=O)c1ccc(C)cc1)c1ccco1. The third kappa shape index (κ3) is 4.43. The lowest BCUT2D eigenvalue weighted by Gasteiger charge is -2.17. The number of nitrogens with one attached hydrogen (secondary N) is 2. The Morgan fingerprint density at radius 3 is 2.39 bits per heavy atom. The van der Waals surface area contributed by atoms with Crippen LogP contribution in [0.1, 0.15) is 41.1 Å². The van der Waals surface area contributed by atoms with E-state index in [1.54, 1.807) is 54.8 Å². The summed E-state index contributed by atoms with van der Waals surface area (Å²) in [6, 6.07) is 16.3. The van der Waals surface area contributed by atoms with Crippen molar-refractivity contribution >= 4 is 21.6 Å². The van der Waals surface area contributed by atoms with E-state index in [0.717, 1.165) is 5.56 Å². The van der Waals surface area contributed by atoms with Crippen molar-refractivity contribution in [2.24, 2.45) is 0 Å². The van der Waals surface area contributed by atoms with Crippen LogP contribution in [0.5, 0.6) is 0 Å². The maximum Gasteiger partial charge on any atom is 0.261 e. The topological polar surface area (TPSA) is 88.4 Å². The van der Waals surface area contributed by atoms with Gasteiger partial charge in [0.25, 0.3) is 15.9 Å². The number of carbonyl (C=O) groups is 1. The molecule has 1 amide bonds. The minimum absolute atomic E-state index is 0.135. The van der Waals surface area contributed by atoms with Crippen LogP contribution in [0.4, 0.5) is 5.69 Å². The van der Waals surface area contributed by atoms with Gasteiger partial charge in [0.15, 0.2) is 0 Å². The number of furan rings is 1. The number of anilines is 1. The van der Waals surface area contributed by atoms with Crippen molar-refractivity contribution in [3.8, 4) is 0 Å². The average Bonchev–Trinajstić information content (AvgIpc) is 3.21. The zero-order valence-corrected chi connectivity index (χ0v) is 16.5. The van der Waals surface area contributed by atoms with Crippen molar-refractivity contribution in [1.29, 1.82) is 0 Å². The van der Waals surface area contributed by atoms with E-state index in [2.05, 4.69) is 10.0 Å². The minimum Gasteiger partial charge on any atom is -0.467 e. The summed E-state index contributed by atoms with van der Waals surface area (Å²) in [6.45, 7) is 3.81. The number of benzene rings is 2. The highest BCUT2D eigenvalue weighted by Gasteiger charge is 2.21. The van der Waals surface area contributed by atoms with Crippen LogP contribution in [0, 0.1) is 6.92 Å². The fourth-order valence-electron chi connectivity index (χ4n) is 2.79. The van der Waals surface area contributed by atoms with E-state index in [1.807, 2.05) is 13.8 Å². The Kier molecular flexibility index (Phi) is 5.84. The van der Waals surface area contributed by atoms with Crippen molar-refractivity contribution in [1.82, 2.24) is 5.32 Å². The molecule has 0 radical (unpaired) electrons. The predicted octanol–water partition coefficient (Wildman–Crippen LogP) is 4.27. The molecule has 1 atom stereocenters. The molecule has 3 aromatic rings. The van der Waals surface area contributed by atoms with E-state index in [-0.39, 0.29) is 28.1 Å². The number of hydrogen-bond donors (Lipinski definition) is 2. The lowest BCUT2D eigenvalue weighted by atomic mass is 10.1. The first-order valence-corrected chi connectivity index (χ1v) is 10.4. The van der Waals surface area contributed by atoms with Crippen LogP contribution >= 0.6 is 0 Å². The van der Waals surface area contributed by atoms with E-state index in [4.69, 9.17) is 4.42 Å². The molecular formula is C21H22N2O4S. The molecule has 7 heteroatoms. The van der Waals surface area contributed by atoms with Gasteiger partial charge in [0.2, 0.25) is 0 Å². The Labute approximate surface area is 164 Å². The Hall–Kier alpha value is -3.06. The summed E-state index contributed by atoms with van der Waals surface area (Å²) in [5, 5.41) is 2.89. The minimum atomic E-state index is -3.81. The lowest BCUT2D eigenvalue weighted by Crippen LogP contribution is -2.29. The van der Waals surface area contributed by atoms with Crippen LogP contribution in [-0.2, 0) is 10.0 Å². The van der Waals surface area contributed by atoms with Crippen LogP contribution < -0.4 is 10.0 Å². The van der Waals surface area contributed by atoms with Gasteiger partial charge in [-0.15, -0.1) is 0 Å². The molecular weight excluding hydrogens is 376 g/mol. The molecule has 0 saturated heterocycles. The highest BCUT2D eigenvalue weighted by atomic mass is 32.2. The summed E-state index contributed by atoms with van der Waals surface area (Å²) < 4.78 is 33.3. The third-order valence-electron chi connectivity index (χ3n) is 4.35. The second kappa shape index (κ2) is 8.31. The van der Waals surface area contributed by atoms with Crippen molar-refractivity contribution in [2.75, 3.05) is 4.72 Å². The Morgan fingerprint density at radius 2 is 1.75 bits per heavy atom. The van der Waals surface area contributed by atoms with Gasteiger partial charge in [-0.1, -0.05) is 36.8 Å². The number of aryl methyl sites for hydroxylation is 1. The quantitative estimate of drug-likeness (QED) is 0.622. The summed E-state index contributed by atoms with van der Waals surface area (Å²) in [6.07, 6.45) is 2.18. The van der Waals surface area contributed by atoms with Crippen LogP contribution in [0.15, 0.2) is 76.2 Å². The van der Waals surface area contributed by atoms with Gasteiger partial charge in [0.1, 0.15) is 5.76 Å². The van der Waals surface area contributed by atoms with Gasteiger partial charge in [0.05, 0.1) is 28.5 Å². The maximum atomic E-state index is 12.8. The highest BCUT2D eigenvalue weighted by Crippen LogP contribution is 2.23. The maximum absolute atomic E-state index is 12.8. The van der Waals surface area contributed by atoms with Crippen molar-refractivity contribution < 1.29 is 17.6 Å². The lowest BCUT2D eigenvalue weighted by molar-refractivity contribution is 0.0931. The van der Waals surface area contributed by atoms with E-state index in [9.17, 15) is 13.2 Å². The zero-order valence-electron chi connectivity index (χ0n) is 15.7. The van der Waals surface area contributed by atoms with Gasteiger partial charge in [-0.05, 0) is 49.7 Å². The summed E-state index contributed by atoms with van der Waals surface area (Å²) in [7, 11) is -3.81. The molecule has 146 valence electrons. The second-order valence-corrected chi connectivity index (χ2v) is 8.10. The number of carbonyl (C=O) groups excluding carboxylic acids is 1. The molecule has 0 spiro atoms. The molecule has 0 aliphatic carbocycles. The van der Waals surface area contributed by atoms with Crippen LogP contribution in [0.2, 0.25) is 0 Å². The zero-order chi connectivity index (χ0) is 20.1. The molecule has 2 aromatic carbocycles. The molecule has 0 fully saturated rings. The molecule has 1 aromatic heterocycles. The van der Waals surface area contributed by atoms with Crippen molar-refractivity contribution in [3.63, 3.8) is 0 Å². The van der Waals surface area contributed by atoms with Crippen LogP contribution in [0.3, 0.4) is 0 Å². The third-order valence-corrected chi connectivity index (χ3v) is 5.73. The van der Waals surface area contributed by atoms with Gasteiger partial charge < -0.3 is 9.73 Å². The Morgan fingerprint density at radius 1 is 1.04 bits per heavy atom. The molecule has 2 N–H and O–H groups in total. The monoisotopic (exact) mass is 398 g/mol. The standard InChI is InChI=1S/C21H22N2O4S/c1-3-18(20-9-6-14-27-20)22-21(24)17-7-4-5-8-19(17)23-28(25,26)16-12-10-15(2)11-13-16/h4-14,18,23H,3H2,1-2H3,(H,22,24). The van der Waals surface area contributed by atoms with Crippen LogP contribution in [-0.4, -0.2) is 14.3 Å². The molecule has 0 aliphatic rings. The molecule has 28 heavy (non-hydrogen) atoms. The second-order valence-electron chi connectivity index (χ2n) is 6.41. The predicted molar refractivity (Wildman–Crippen MR) is 108 cm³/mol. The van der Waals surface area contributed by atoms with Gasteiger partial charge in [-0.2, -0.15) is 0 Å². The summed E-state index contributed by atoms with van der Waals surface area (Å²) in [4.78, 5) is 12.9. The van der Waals surface area contributed by atoms with Gasteiger partial charge in [-0.3, -0.25) is 9.52 Å². The molecule has 3 rings (SSSR count). The average molecular weight is 398 g/mol. The largest absolute Gasteiger partial charge is 0.467 e. The summed E-state index contributed by atoms with van der Waals surface area (Å²) >= 11 is 0. The summed E-state index contributed by atoms with van der Waals surface area (Å²) in [5.74, 6) is 0.263. The summed E-state index contributed by atoms with van der Waals surface area (Å²) in [5.41, 5.74) is 1.42. The fraction of sp³-hybridized carbons (Fsp3) is 0.190. The molecule has 1 unspecified atom stereocenters. The van der Waals surface area contributed by atoms with E-state index < -0.39 is 10.0 Å². The Balaban J connectivity index is 1.84. The molecule has 1 heterocycles. The molecule has 0 aliphatic heterocycles. The number of rotatable bonds is 7. The number of sulfonamides is 1. The van der Waals surface area contributed by atoms with E-state index >= 15 is 0 Å². The van der Waals surface area contributed by atoms with Crippen molar-refractivity contribution in [2.45, 2.75) is 31.2 Å². The first-order valence-electron chi connectivity index (χ1n) is 8.93. The number of amides is 1. The molecule has 6 nitrogen and oxygen atoms in total. The van der Waals surface area contributed by atoms with E-state index in [1.165, 1.54) is 12.1 Å². The fourth-order valence-corrected chi connectivity index (χ4v) is 3.87. The number of hydrogen-bond acceptors (Lipinski definition) is 4. The molecule has 0 bridgehead atoms. The smallest absolute Gasteiger partial charge is 0.261 e. The van der Waals surface area contributed by atoms with Gasteiger partial charge >= 0.3 is 0 Å².